The maximum Gasteiger partial charge on any atom is 0.184 e. The molecule has 1 aromatic rings. The molecule has 1 aliphatic rings. The van der Waals surface area contributed by atoms with E-state index in [1.54, 1.807) is 24.3 Å². The lowest BCUT2D eigenvalue weighted by atomic mass is 10.0. The van der Waals surface area contributed by atoms with E-state index in [1.807, 2.05) is 6.92 Å². The van der Waals surface area contributed by atoms with Gasteiger partial charge >= 0.3 is 0 Å². The van der Waals surface area contributed by atoms with E-state index < -0.39 is 15.1 Å². The molecule has 1 saturated heterocycles. The molecule has 4 nitrogen and oxygen atoms in total. The molecule has 0 bridgehead atoms. The van der Waals surface area contributed by atoms with Crippen LogP contribution < -0.4 is 4.74 Å². The monoisotopic (exact) mass is 282 g/mol. The molecule has 1 aromatic carbocycles. The number of ether oxygens (including phenoxy) is 1. The van der Waals surface area contributed by atoms with Crippen molar-refractivity contribution in [2.24, 2.45) is 0 Å². The molecule has 19 heavy (non-hydrogen) atoms. The summed E-state index contributed by atoms with van der Waals surface area (Å²) >= 11 is 0. The summed E-state index contributed by atoms with van der Waals surface area (Å²) in [7, 11) is -3.31. The molecular formula is C14H18O4S. The summed E-state index contributed by atoms with van der Waals surface area (Å²) in [5, 5.41) is -0.900. The number of ketones is 1. The first-order chi connectivity index (χ1) is 9.06. The summed E-state index contributed by atoms with van der Waals surface area (Å²) < 4.78 is 29.4. The van der Waals surface area contributed by atoms with Crippen LogP contribution in [0.5, 0.6) is 5.75 Å². The number of carbonyl (C=O) groups is 1. The zero-order valence-corrected chi connectivity index (χ0v) is 11.8. The standard InChI is InChI=1S/C14H18O4S/c1-2-18-12-8-4-3-7-11(12)14(15)13-9-5-6-10-19(13,16)17/h3-4,7-8,13H,2,5-6,9-10H2,1H3. The first-order valence-electron chi connectivity index (χ1n) is 6.54. The molecule has 0 spiro atoms. The van der Waals surface area contributed by atoms with E-state index in [2.05, 4.69) is 0 Å². The van der Waals surface area contributed by atoms with Gasteiger partial charge in [0, 0.05) is 0 Å². The fourth-order valence-corrected chi connectivity index (χ4v) is 4.24. The molecule has 0 aromatic heterocycles. The number of hydrogen-bond donors (Lipinski definition) is 0. The normalized spacial score (nSPS) is 21.8. The van der Waals surface area contributed by atoms with Crippen LogP contribution >= 0.6 is 0 Å². The molecule has 0 aliphatic carbocycles. The Hall–Kier alpha value is -1.36. The maximum absolute atomic E-state index is 12.5. The van der Waals surface area contributed by atoms with E-state index >= 15 is 0 Å². The van der Waals surface area contributed by atoms with Crippen LogP contribution in [-0.4, -0.2) is 31.8 Å². The van der Waals surface area contributed by atoms with Crippen LogP contribution in [0.15, 0.2) is 24.3 Å². The van der Waals surface area contributed by atoms with E-state index in [1.165, 1.54) is 0 Å². The van der Waals surface area contributed by atoms with Crippen LogP contribution in [0.4, 0.5) is 0 Å². The number of rotatable bonds is 4. The van der Waals surface area contributed by atoms with Crippen LogP contribution in [0.1, 0.15) is 36.5 Å². The van der Waals surface area contributed by atoms with Crippen molar-refractivity contribution in [2.45, 2.75) is 31.4 Å². The lowest BCUT2D eigenvalue weighted by Crippen LogP contribution is -2.35. The average Bonchev–Trinajstić information content (AvgIpc) is 2.38. The van der Waals surface area contributed by atoms with Crippen molar-refractivity contribution in [1.29, 1.82) is 0 Å². The first kappa shape index (κ1) is 14.1. The van der Waals surface area contributed by atoms with Gasteiger partial charge in [-0.1, -0.05) is 18.6 Å². The zero-order chi connectivity index (χ0) is 13.9. The van der Waals surface area contributed by atoms with Crippen molar-refractivity contribution in [2.75, 3.05) is 12.4 Å². The second kappa shape index (κ2) is 5.74. The second-order valence-electron chi connectivity index (χ2n) is 4.64. The van der Waals surface area contributed by atoms with Gasteiger partial charge < -0.3 is 4.74 Å². The van der Waals surface area contributed by atoms with Crippen LogP contribution in [0.3, 0.4) is 0 Å². The molecule has 0 radical (unpaired) electrons. The fourth-order valence-electron chi connectivity index (χ4n) is 2.37. The Balaban J connectivity index is 2.33. The van der Waals surface area contributed by atoms with Gasteiger partial charge in [-0.15, -0.1) is 0 Å². The predicted molar refractivity (Wildman–Crippen MR) is 73.4 cm³/mol. The van der Waals surface area contributed by atoms with E-state index in [9.17, 15) is 13.2 Å². The number of benzene rings is 1. The van der Waals surface area contributed by atoms with Gasteiger partial charge in [0.15, 0.2) is 15.6 Å². The Morgan fingerprint density at radius 3 is 2.74 bits per heavy atom. The Morgan fingerprint density at radius 1 is 1.32 bits per heavy atom. The van der Waals surface area contributed by atoms with E-state index in [0.717, 1.165) is 6.42 Å². The second-order valence-corrected chi connectivity index (χ2v) is 6.95. The molecule has 1 aliphatic heterocycles. The van der Waals surface area contributed by atoms with Gasteiger partial charge in [0.25, 0.3) is 0 Å². The number of sulfone groups is 1. The highest BCUT2D eigenvalue weighted by Crippen LogP contribution is 2.27. The summed E-state index contributed by atoms with van der Waals surface area (Å²) in [6.07, 6.45) is 1.85. The maximum atomic E-state index is 12.5. The van der Waals surface area contributed by atoms with Crippen molar-refractivity contribution in [1.82, 2.24) is 0 Å². The predicted octanol–water partition coefficient (Wildman–Crippen LogP) is 2.24. The van der Waals surface area contributed by atoms with Crippen LogP contribution in [-0.2, 0) is 9.84 Å². The third-order valence-corrected chi connectivity index (χ3v) is 5.50. The lowest BCUT2D eigenvalue weighted by molar-refractivity contribution is 0.0978. The quantitative estimate of drug-likeness (QED) is 0.795. The third kappa shape index (κ3) is 2.97. The molecule has 1 unspecified atom stereocenters. The Morgan fingerprint density at radius 2 is 2.05 bits per heavy atom. The molecule has 0 saturated carbocycles. The largest absolute Gasteiger partial charge is 0.493 e. The van der Waals surface area contributed by atoms with Gasteiger partial charge in [0.05, 0.1) is 17.9 Å². The summed E-state index contributed by atoms with van der Waals surface area (Å²) in [6.45, 7) is 2.28. The molecular weight excluding hydrogens is 264 g/mol. The summed E-state index contributed by atoms with van der Waals surface area (Å²) in [4.78, 5) is 12.5. The Kier molecular flexibility index (Phi) is 4.24. The number of para-hydroxylation sites is 1. The molecule has 1 heterocycles. The number of Topliss-reactive ketones (excluding diaryl/α,β-unsaturated/α-hetero) is 1. The van der Waals surface area contributed by atoms with Crippen molar-refractivity contribution in [3.05, 3.63) is 29.8 Å². The smallest absolute Gasteiger partial charge is 0.184 e. The van der Waals surface area contributed by atoms with Gasteiger partial charge in [-0.3, -0.25) is 4.79 Å². The summed E-state index contributed by atoms with van der Waals surface area (Å²) in [6, 6.07) is 6.84. The van der Waals surface area contributed by atoms with E-state index in [4.69, 9.17) is 4.74 Å². The fraction of sp³-hybridized carbons (Fsp3) is 0.500. The molecule has 104 valence electrons. The minimum atomic E-state index is -3.31. The number of hydrogen-bond acceptors (Lipinski definition) is 4. The van der Waals surface area contributed by atoms with Crippen molar-refractivity contribution < 1.29 is 17.9 Å². The van der Waals surface area contributed by atoms with Crippen LogP contribution in [0.2, 0.25) is 0 Å². The molecule has 0 N–H and O–H groups in total. The van der Waals surface area contributed by atoms with Crippen LogP contribution in [0.25, 0.3) is 0 Å². The summed E-state index contributed by atoms with van der Waals surface area (Å²) in [5.41, 5.74) is 0.375. The lowest BCUT2D eigenvalue weighted by Gasteiger charge is -2.21. The van der Waals surface area contributed by atoms with Gasteiger partial charge in [-0.25, -0.2) is 8.42 Å². The first-order valence-corrected chi connectivity index (χ1v) is 8.25. The number of carbonyl (C=O) groups excluding carboxylic acids is 1. The third-order valence-electron chi connectivity index (χ3n) is 3.32. The highest BCUT2D eigenvalue weighted by Gasteiger charge is 2.36. The minimum absolute atomic E-state index is 0.111. The van der Waals surface area contributed by atoms with E-state index in [-0.39, 0.29) is 11.5 Å². The molecule has 0 amide bonds. The SMILES string of the molecule is CCOc1ccccc1C(=O)C1CCCCS1(=O)=O. The van der Waals surface area contributed by atoms with Gasteiger partial charge in [0.2, 0.25) is 0 Å². The van der Waals surface area contributed by atoms with Gasteiger partial charge in [-0.2, -0.15) is 0 Å². The molecule has 1 fully saturated rings. The summed E-state index contributed by atoms with van der Waals surface area (Å²) in [5.74, 6) is 0.250. The zero-order valence-electron chi connectivity index (χ0n) is 11.0. The Bertz CT molecular complexity index is 563. The molecule has 2 rings (SSSR count). The Labute approximate surface area is 113 Å². The minimum Gasteiger partial charge on any atom is -0.493 e. The topological polar surface area (TPSA) is 60.4 Å². The van der Waals surface area contributed by atoms with Crippen molar-refractivity contribution >= 4 is 15.6 Å². The van der Waals surface area contributed by atoms with Crippen LogP contribution in [0, 0.1) is 0 Å². The highest BCUT2D eigenvalue weighted by molar-refractivity contribution is 7.92. The molecule has 5 heteroatoms. The highest BCUT2D eigenvalue weighted by atomic mass is 32.2. The average molecular weight is 282 g/mol. The van der Waals surface area contributed by atoms with Crippen molar-refractivity contribution in [3.63, 3.8) is 0 Å². The van der Waals surface area contributed by atoms with Gasteiger partial charge in [-0.05, 0) is 31.9 Å². The van der Waals surface area contributed by atoms with E-state index in [0.29, 0.717) is 30.8 Å². The van der Waals surface area contributed by atoms with Crippen molar-refractivity contribution in [3.8, 4) is 5.75 Å². The molecule has 1 atom stereocenters. The van der Waals surface area contributed by atoms with Gasteiger partial charge in [0.1, 0.15) is 11.0 Å².